The van der Waals surface area contributed by atoms with Gasteiger partial charge in [-0.1, -0.05) is 0 Å². The van der Waals surface area contributed by atoms with E-state index in [1.54, 1.807) is 0 Å². The van der Waals surface area contributed by atoms with Crippen molar-refractivity contribution in [1.29, 1.82) is 0 Å². The molecule has 1 N–H and O–H groups in total. The van der Waals surface area contributed by atoms with Crippen molar-refractivity contribution in [2.24, 2.45) is 7.05 Å². The third-order valence-electron chi connectivity index (χ3n) is 1.03. The molecule has 0 atom stereocenters. The average Bonchev–Trinajstić information content (AvgIpc) is 2.14. The van der Waals surface area contributed by atoms with E-state index in [2.05, 4.69) is 22.8 Å². The Labute approximate surface area is 62.1 Å². The minimum absolute atomic E-state index is 0.134. The first-order valence-corrected chi connectivity index (χ1v) is 2.83. The molecule has 0 aliphatic carbocycles. The lowest BCUT2D eigenvalue weighted by Crippen LogP contribution is -2.05. The fourth-order valence-corrected chi connectivity index (χ4v) is 0.628. The zero-order valence-corrected chi connectivity index (χ0v) is 5.92. The number of hydrogen-bond acceptors (Lipinski definition) is 3. The van der Waals surface area contributed by atoms with Crippen LogP contribution in [0.15, 0.2) is 5.16 Å². The van der Waals surface area contributed by atoms with E-state index in [0.29, 0.717) is 0 Å². The minimum Gasteiger partial charge on any atom is -0.475 e. The molecule has 0 aromatic carbocycles. The van der Waals surface area contributed by atoms with E-state index in [1.807, 2.05) is 0 Å². The van der Waals surface area contributed by atoms with Gasteiger partial charge in [0.25, 0.3) is 0 Å². The van der Waals surface area contributed by atoms with Crippen LogP contribution in [0, 0.1) is 0 Å². The number of hydrogen-bond donors (Lipinski definition) is 1. The normalized spacial score (nSPS) is 9.70. The summed E-state index contributed by atoms with van der Waals surface area (Å²) < 4.78 is 1.23. The molecule has 1 radical (unpaired) electrons. The Bertz CT molecular complexity index is 269. The predicted molar refractivity (Wildman–Crippen MR) is 33.8 cm³/mol. The molecular weight excluding hydrogens is 154 g/mol. The Balaban J connectivity index is 3.17. The lowest BCUT2D eigenvalue weighted by atomic mass is 10.6. The van der Waals surface area contributed by atoms with Crippen LogP contribution in [-0.4, -0.2) is 25.8 Å². The van der Waals surface area contributed by atoms with Crippen LogP contribution >= 0.6 is 12.6 Å². The van der Waals surface area contributed by atoms with Crippen LogP contribution in [0.2, 0.25) is 0 Å². The van der Waals surface area contributed by atoms with E-state index in [0.717, 1.165) is 0 Å². The maximum atomic E-state index is 10.3. The van der Waals surface area contributed by atoms with Gasteiger partial charge in [0.15, 0.2) is 0 Å². The van der Waals surface area contributed by atoms with Gasteiger partial charge in [-0.3, -0.25) is 4.57 Å². The molecule has 0 saturated carbocycles. The molecular formula is C4H4N3O2S. The number of aromatic carboxylic acids is 1. The van der Waals surface area contributed by atoms with Crippen molar-refractivity contribution in [1.82, 2.24) is 14.8 Å². The Morgan fingerprint density at radius 2 is 2.30 bits per heavy atom. The molecule has 1 rings (SSSR count). The Morgan fingerprint density at radius 3 is 2.50 bits per heavy atom. The molecule has 53 valence electrons. The lowest BCUT2D eigenvalue weighted by molar-refractivity contribution is 0.0678. The number of nitrogens with zero attached hydrogens (tertiary/aromatic N) is 3. The molecule has 0 fully saturated rings. The topological polar surface area (TPSA) is 68.0 Å². The summed E-state index contributed by atoms with van der Waals surface area (Å²) >= 11 is 4.62. The van der Waals surface area contributed by atoms with Crippen molar-refractivity contribution >= 4 is 18.6 Å². The summed E-state index contributed by atoms with van der Waals surface area (Å²) in [7, 11) is 1.51. The number of carboxylic acids is 1. The number of rotatable bonds is 1. The molecule has 1 heterocycles. The fraction of sp³-hybridized carbons (Fsp3) is 0.250. The van der Waals surface area contributed by atoms with Gasteiger partial charge in [0.1, 0.15) is 0 Å². The lowest BCUT2D eigenvalue weighted by Gasteiger charge is -1.91. The number of carboxylic acid groups (broad SMARTS) is 1. The summed E-state index contributed by atoms with van der Waals surface area (Å²) in [4.78, 5) is 10.3. The van der Waals surface area contributed by atoms with Gasteiger partial charge in [0, 0.05) is 7.05 Å². The highest BCUT2D eigenvalue weighted by Gasteiger charge is 2.12. The van der Waals surface area contributed by atoms with Gasteiger partial charge in [-0.05, 0) is 12.6 Å². The summed E-state index contributed by atoms with van der Waals surface area (Å²) in [5.74, 6) is -1.25. The highest BCUT2D eigenvalue weighted by Crippen LogP contribution is 2.01. The molecule has 0 spiro atoms. The monoisotopic (exact) mass is 158 g/mol. The van der Waals surface area contributed by atoms with Crippen LogP contribution in [0.4, 0.5) is 0 Å². The molecule has 0 aliphatic rings. The van der Waals surface area contributed by atoms with Gasteiger partial charge in [-0.25, -0.2) is 4.79 Å². The third-order valence-corrected chi connectivity index (χ3v) is 1.38. The van der Waals surface area contributed by atoms with Crippen LogP contribution in [0.25, 0.3) is 0 Å². The van der Waals surface area contributed by atoms with E-state index in [1.165, 1.54) is 11.6 Å². The Kier molecular flexibility index (Phi) is 1.54. The van der Waals surface area contributed by atoms with Crippen molar-refractivity contribution in [2.45, 2.75) is 5.16 Å². The Morgan fingerprint density at radius 1 is 1.70 bits per heavy atom. The first kappa shape index (κ1) is 6.94. The Hall–Kier alpha value is -1.17. The summed E-state index contributed by atoms with van der Waals surface area (Å²) in [6, 6.07) is 0. The number of carbonyl (C=O) groups is 1. The highest BCUT2D eigenvalue weighted by molar-refractivity contribution is 7.80. The minimum atomic E-state index is -1.12. The molecule has 0 bridgehead atoms. The summed E-state index contributed by atoms with van der Waals surface area (Å²) in [6.45, 7) is 0. The van der Waals surface area contributed by atoms with E-state index >= 15 is 0 Å². The second kappa shape index (κ2) is 2.22. The van der Waals surface area contributed by atoms with Crippen molar-refractivity contribution < 1.29 is 9.90 Å². The molecule has 0 aliphatic heterocycles. The molecule has 0 unspecified atom stereocenters. The van der Waals surface area contributed by atoms with E-state index < -0.39 is 5.97 Å². The zero-order chi connectivity index (χ0) is 7.72. The molecule has 0 amide bonds. The van der Waals surface area contributed by atoms with Gasteiger partial charge in [-0.2, -0.15) is 0 Å². The van der Waals surface area contributed by atoms with Crippen molar-refractivity contribution in [3.63, 3.8) is 0 Å². The molecule has 1 aromatic rings. The van der Waals surface area contributed by atoms with Crippen molar-refractivity contribution in [2.75, 3.05) is 0 Å². The van der Waals surface area contributed by atoms with Gasteiger partial charge in [-0.15, -0.1) is 10.2 Å². The van der Waals surface area contributed by atoms with Gasteiger partial charge in [0.2, 0.25) is 11.0 Å². The van der Waals surface area contributed by atoms with E-state index in [9.17, 15) is 4.79 Å². The number of aromatic nitrogens is 3. The molecule has 1 aromatic heterocycles. The van der Waals surface area contributed by atoms with Crippen LogP contribution < -0.4 is 0 Å². The maximum absolute atomic E-state index is 10.3. The predicted octanol–water partition coefficient (Wildman–Crippen LogP) is 0.0697. The van der Waals surface area contributed by atoms with Crippen LogP contribution in [0.5, 0.6) is 0 Å². The van der Waals surface area contributed by atoms with Gasteiger partial charge < -0.3 is 5.11 Å². The smallest absolute Gasteiger partial charge is 0.374 e. The van der Waals surface area contributed by atoms with Gasteiger partial charge in [0.05, 0.1) is 0 Å². The largest absolute Gasteiger partial charge is 0.475 e. The van der Waals surface area contributed by atoms with Gasteiger partial charge >= 0.3 is 5.97 Å². The highest BCUT2D eigenvalue weighted by atomic mass is 32.1. The van der Waals surface area contributed by atoms with Crippen molar-refractivity contribution in [3.8, 4) is 0 Å². The first-order chi connectivity index (χ1) is 4.63. The summed E-state index contributed by atoms with van der Waals surface area (Å²) in [5.41, 5.74) is 0. The quantitative estimate of drug-likeness (QED) is 0.628. The summed E-state index contributed by atoms with van der Waals surface area (Å²) in [5, 5.41) is 15.3. The van der Waals surface area contributed by atoms with Crippen LogP contribution in [0.3, 0.4) is 0 Å². The summed E-state index contributed by atoms with van der Waals surface area (Å²) in [6.07, 6.45) is 0. The average molecular weight is 158 g/mol. The van der Waals surface area contributed by atoms with E-state index in [-0.39, 0.29) is 11.0 Å². The fourth-order valence-electron chi connectivity index (χ4n) is 0.501. The van der Waals surface area contributed by atoms with Crippen molar-refractivity contribution in [3.05, 3.63) is 5.82 Å². The zero-order valence-electron chi connectivity index (χ0n) is 5.11. The molecule has 10 heavy (non-hydrogen) atoms. The van der Waals surface area contributed by atoms with Crippen LogP contribution in [-0.2, 0) is 7.05 Å². The second-order valence-corrected chi connectivity index (χ2v) is 2.04. The molecule has 5 nitrogen and oxygen atoms in total. The van der Waals surface area contributed by atoms with Crippen LogP contribution in [0.1, 0.15) is 10.6 Å². The second-order valence-electron chi connectivity index (χ2n) is 1.67. The molecule has 0 saturated heterocycles. The first-order valence-electron chi connectivity index (χ1n) is 2.42. The standard InChI is InChI=1S/C4H4N3O2S/c1-7-2(3(8)9)5-6-4(7)10/h1H3,(H,8,9). The third kappa shape index (κ3) is 0.926. The van der Waals surface area contributed by atoms with E-state index in [4.69, 9.17) is 5.11 Å². The maximum Gasteiger partial charge on any atom is 0.374 e. The molecule has 6 heteroatoms. The SMILES string of the molecule is Cn1c([S])nnc1C(=O)O.